The number of rotatable bonds is 4. The average molecular weight is 562 g/mol. The molecule has 1 heterocycles. The van der Waals surface area contributed by atoms with E-state index in [-0.39, 0.29) is 11.6 Å². The van der Waals surface area contributed by atoms with Gasteiger partial charge in [0, 0.05) is 26.3 Å². The van der Waals surface area contributed by atoms with Crippen LogP contribution in [0.25, 0.3) is 0 Å². The third-order valence-corrected chi connectivity index (χ3v) is 4.97. The Morgan fingerprint density at radius 3 is 1.94 bits per heavy atom. The number of aromatic nitrogens is 1. The van der Waals surface area contributed by atoms with Gasteiger partial charge in [-0.3, -0.25) is 0 Å². The third kappa shape index (κ3) is 7.76. The quantitative estimate of drug-likeness (QED) is 0.376. The molecule has 0 bridgehead atoms. The number of hydrogen-bond acceptors (Lipinski definition) is 6. The van der Waals surface area contributed by atoms with Gasteiger partial charge in [0.25, 0.3) is 0 Å². The molecule has 180 valence electrons. The van der Waals surface area contributed by atoms with E-state index in [1.165, 1.54) is 6.20 Å². The molecule has 0 saturated carbocycles. The number of hydrogen-bond donors (Lipinski definition) is 0. The van der Waals surface area contributed by atoms with Crippen LogP contribution in [0, 0.1) is 0 Å². The van der Waals surface area contributed by atoms with Crippen molar-refractivity contribution in [3.63, 3.8) is 0 Å². The SMILES string of the molecule is C[C@H](Oc1cc(Br)cnc1N(C(=O)OC(C)(C)C)C(=O)OC(C)(C)C)c1c(Cl)cccc1Cl. The molecule has 10 heteroatoms. The standard InChI is InChI=1S/C23H27BrCl2N2O5/c1-13(18-15(25)9-8-10-16(18)26)31-17-11-14(24)12-27-19(17)28(20(29)32-22(2,3)4)21(30)33-23(5,6)7/h8-13H,1-7H3/t13-/m0/s1. The van der Waals surface area contributed by atoms with E-state index in [0.29, 0.717) is 25.0 Å². The van der Waals surface area contributed by atoms with Gasteiger partial charge in [0.2, 0.25) is 0 Å². The van der Waals surface area contributed by atoms with E-state index in [1.54, 1.807) is 72.7 Å². The fraction of sp³-hybridized carbons (Fsp3) is 0.435. The second-order valence-corrected chi connectivity index (χ2v) is 10.9. The minimum Gasteiger partial charge on any atom is -0.482 e. The van der Waals surface area contributed by atoms with Gasteiger partial charge in [0.05, 0.1) is 0 Å². The Labute approximate surface area is 212 Å². The smallest absolute Gasteiger partial charge is 0.425 e. The summed E-state index contributed by atoms with van der Waals surface area (Å²) >= 11 is 16.0. The Morgan fingerprint density at radius 2 is 1.48 bits per heavy atom. The lowest BCUT2D eigenvalue weighted by Crippen LogP contribution is -2.44. The van der Waals surface area contributed by atoms with Crippen molar-refractivity contribution in [3.8, 4) is 5.75 Å². The van der Waals surface area contributed by atoms with Crippen LogP contribution in [0.15, 0.2) is 34.9 Å². The molecule has 0 N–H and O–H groups in total. The van der Waals surface area contributed by atoms with Gasteiger partial charge < -0.3 is 14.2 Å². The first-order valence-electron chi connectivity index (χ1n) is 10.1. The number of nitrogens with zero attached hydrogens (tertiary/aromatic N) is 2. The van der Waals surface area contributed by atoms with Crippen molar-refractivity contribution in [1.82, 2.24) is 4.98 Å². The van der Waals surface area contributed by atoms with E-state index < -0.39 is 29.5 Å². The lowest BCUT2D eigenvalue weighted by Gasteiger charge is -2.29. The molecule has 2 aromatic rings. The Morgan fingerprint density at radius 1 is 1.00 bits per heavy atom. The van der Waals surface area contributed by atoms with Crippen molar-refractivity contribution in [2.24, 2.45) is 0 Å². The van der Waals surface area contributed by atoms with Crippen molar-refractivity contribution in [2.45, 2.75) is 65.8 Å². The highest BCUT2D eigenvalue weighted by atomic mass is 79.9. The van der Waals surface area contributed by atoms with Crippen LogP contribution in [-0.4, -0.2) is 28.4 Å². The van der Waals surface area contributed by atoms with Gasteiger partial charge in [-0.05, 0) is 82.6 Å². The van der Waals surface area contributed by atoms with Crippen molar-refractivity contribution in [2.75, 3.05) is 4.90 Å². The highest BCUT2D eigenvalue weighted by Crippen LogP contribution is 2.37. The molecule has 33 heavy (non-hydrogen) atoms. The molecule has 0 aliphatic rings. The highest BCUT2D eigenvalue weighted by Gasteiger charge is 2.36. The molecule has 1 atom stereocenters. The largest absolute Gasteiger partial charge is 0.482 e. The first kappa shape index (κ1) is 27.2. The molecule has 0 unspecified atom stereocenters. The lowest BCUT2D eigenvalue weighted by molar-refractivity contribution is 0.0426. The van der Waals surface area contributed by atoms with Crippen LogP contribution < -0.4 is 9.64 Å². The molecule has 0 spiro atoms. The summed E-state index contributed by atoms with van der Waals surface area (Å²) < 4.78 is 17.5. The van der Waals surface area contributed by atoms with E-state index in [4.69, 9.17) is 37.4 Å². The lowest BCUT2D eigenvalue weighted by atomic mass is 10.1. The van der Waals surface area contributed by atoms with Crippen LogP contribution in [0.4, 0.5) is 15.4 Å². The fourth-order valence-electron chi connectivity index (χ4n) is 2.68. The number of pyridine rings is 1. The van der Waals surface area contributed by atoms with Gasteiger partial charge in [-0.1, -0.05) is 29.3 Å². The highest BCUT2D eigenvalue weighted by molar-refractivity contribution is 9.10. The summed E-state index contributed by atoms with van der Waals surface area (Å²) in [5, 5.41) is 0.825. The zero-order chi connectivity index (χ0) is 25.1. The van der Waals surface area contributed by atoms with Gasteiger partial charge in [0.15, 0.2) is 11.6 Å². The number of halogens is 3. The summed E-state index contributed by atoms with van der Waals surface area (Å²) in [5.41, 5.74) is -1.19. The molecule has 0 saturated heterocycles. The average Bonchev–Trinajstić information content (AvgIpc) is 2.60. The van der Waals surface area contributed by atoms with Crippen molar-refractivity contribution >= 4 is 57.1 Å². The summed E-state index contributed by atoms with van der Waals surface area (Å²) in [6.45, 7) is 11.9. The van der Waals surface area contributed by atoms with Gasteiger partial charge in [-0.15, -0.1) is 0 Å². The van der Waals surface area contributed by atoms with E-state index in [0.717, 1.165) is 0 Å². The number of carbonyl (C=O) groups is 2. The van der Waals surface area contributed by atoms with Gasteiger partial charge in [0.1, 0.15) is 17.3 Å². The molecule has 0 aliphatic heterocycles. The zero-order valence-electron chi connectivity index (χ0n) is 19.5. The molecule has 0 aliphatic carbocycles. The Kier molecular flexibility index (Phi) is 8.65. The monoisotopic (exact) mass is 560 g/mol. The van der Waals surface area contributed by atoms with E-state index in [9.17, 15) is 9.59 Å². The van der Waals surface area contributed by atoms with Crippen LogP contribution in [0.3, 0.4) is 0 Å². The normalized spacial score (nSPS) is 12.7. The topological polar surface area (TPSA) is 78.0 Å². The fourth-order valence-corrected chi connectivity index (χ4v) is 3.69. The molecule has 0 radical (unpaired) electrons. The molecule has 7 nitrogen and oxygen atoms in total. The summed E-state index contributed by atoms with van der Waals surface area (Å²) in [4.78, 5) is 31.0. The van der Waals surface area contributed by atoms with Crippen LogP contribution >= 0.6 is 39.1 Å². The Balaban J connectivity index is 2.55. The maximum Gasteiger partial charge on any atom is 0.425 e. The molecule has 1 aromatic heterocycles. The van der Waals surface area contributed by atoms with Gasteiger partial charge in [-0.2, -0.15) is 4.90 Å². The summed E-state index contributed by atoms with van der Waals surface area (Å²) in [6, 6.07) is 6.68. The maximum absolute atomic E-state index is 13.0. The summed E-state index contributed by atoms with van der Waals surface area (Å²) in [5.74, 6) is 0.0151. The minimum atomic E-state index is -0.958. The second-order valence-electron chi connectivity index (χ2n) is 9.17. The van der Waals surface area contributed by atoms with Crippen molar-refractivity contribution in [1.29, 1.82) is 0 Å². The van der Waals surface area contributed by atoms with Crippen LogP contribution in [0.1, 0.15) is 60.1 Å². The van der Waals surface area contributed by atoms with E-state index in [1.807, 2.05) is 0 Å². The first-order valence-corrected chi connectivity index (χ1v) is 11.7. The molecular formula is C23H27BrCl2N2O5. The molecule has 2 amide bonds. The van der Waals surface area contributed by atoms with Gasteiger partial charge in [-0.25, -0.2) is 14.6 Å². The zero-order valence-corrected chi connectivity index (χ0v) is 22.6. The maximum atomic E-state index is 13.0. The molecular weight excluding hydrogens is 535 g/mol. The third-order valence-electron chi connectivity index (χ3n) is 3.87. The van der Waals surface area contributed by atoms with Crippen LogP contribution in [0.2, 0.25) is 10.0 Å². The number of ether oxygens (including phenoxy) is 3. The van der Waals surface area contributed by atoms with E-state index in [2.05, 4.69) is 20.9 Å². The van der Waals surface area contributed by atoms with Crippen molar-refractivity contribution in [3.05, 3.63) is 50.5 Å². The van der Waals surface area contributed by atoms with E-state index >= 15 is 0 Å². The summed E-state index contributed by atoms with van der Waals surface area (Å²) in [6.07, 6.45) is -1.13. The predicted molar refractivity (Wildman–Crippen MR) is 132 cm³/mol. The number of carbonyl (C=O) groups excluding carboxylic acids is 2. The van der Waals surface area contributed by atoms with Crippen LogP contribution in [0.5, 0.6) is 5.75 Å². The Bertz CT molecular complexity index is 986. The number of imide groups is 1. The van der Waals surface area contributed by atoms with Crippen molar-refractivity contribution < 1.29 is 23.8 Å². The first-order chi connectivity index (χ1) is 15.1. The second kappa shape index (κ2) is 10.5. The molecule has 2 rings (SSSR count). The number of anilines is 1. The minimum absolute atomic E-state index is 0.100. The number of benzene rings is 1. The predicted octanol–water partition coefficient (Wildman–Crippen LogP) is 7.97. The summed E-state index contributed by atoms with van der Waals surface area (Å²) in [7, 11) is 0. The molecule has 1 aromatic carbocycles. The number of amides is 2. The van der Waals surface area contributed by atoms with Gasteiger partial charge >= 0.3 is 12.2 Å². The Hall–Kier alpha value is -2.03. The molecule has 0 fully saturated rings. The van der Waals surface area contributed by atoms with Crippen LogP contribution in [-0.2, 0) is 9.47 Å².